The summed E-state index contributed by atoms with van der Waals surface area (Å²) in [6.07, 6.45) is 10.7. The molecule has 0 N–H and O–H groups in total. The van der Waals surface area contributed by atoms with Crippen LogP contribution in [0, 0.1) is 17.3 Å². The molecule has 2 aliphatic carbocycles. The van der Waals surface area contributed by atoms with Gasteiger partial charge in [0.2, 0.25) is 0 Å². The molecular weight excluding hydrogens is 234 g/mol. The molecule has 3 aliphatic rings. The van der Waals surface area contributed by atoms with Crippen molar-refractivity contribution in [1.82, 2.24) is 4.90 Å². The van der Waals surface area contributed by atoms with E-state index in [-0.39, 0.29) is 5.41 Å². The van der Waals surface area contributed by atoms with Crippen LogP contribution in [0.1, 0.15) is 65.2 Å². The first-order chi connectivity index (χ1) is 9.08. The quantitative estimate of drug-likeness (QED) is 0.758. The van der Waals surface area contributed by atoms with E-state index < -0.39 is 0 Å². The Morgan fingerprint density at radius 1 is 1.11 bits per heavy atom. The lowest BCUT2D eigenvalue weighted by molar-refractivity contribution is -0.128. The fourth-order valence-electron chi connectivity index (χ4n) is 4.75. The number of carbonyl (C=O) groups excluding carboxylic acids is 1. The molecule has 19 heavy (non-hydrogen) atoms. The van der Waals surface area contributed by atoms with Crippen LogP contribution in [-0.2, 0) is 4.79 Å². The molecule has 2 nitrogen and oxygen atoms in total. The number of ketones is 1. The fourth-order valence-corrected chi connectivity index (χ4v) is 4.75. The highest BCUT2D eigenvalue weighted by Gasteiger charge is 2.42. The molecule has 1 heterocycles. The van der Waals surface area contributed by atoms with Gasteiger partial charge in [-0.3, -0.25) is 9.69 Å². The molecule has 0 aromatic carbocycles. The van der Waals surface area contributed by atoms with E-state index >= 15 is 0 Å². The molecule has 0 bridgehead atoms. The molecule has 2 heteroatoms. The second-order valence-electron chi connectivity index (χ2n) is 7.73. The number of fused-ring (bicyclic) bond motifs is 1. The topological polar surface area (TPSA) is 20.3 Å². The molecule has 108 valence electrons. The molecule has 3 fully saturated rings. The van der Waals surface area contributed by atoms with Crippen LogP contribution in [0.4, 0.5) is 0 Å². The standard InChI is InChI=1S/C17H29NO/c1-17(2)10-9-14(16(17)19)12-18-11-5-7-13-6-3-4-8-15(13)18/h13-15H,3-12H2,1-2H3. The first-order valence-electron chi connectivity index (χ1n) is 8.36. The van der Waals surface area contributed by atoms with Crippen molar-refractivity contribution < 1.29 is 4.79 Å². The van der Waals surface area contributed by atoms with E-state index in [9.17, 15) is 4.79 Å². The van der Waals surface area contributed by atoms with Gasteiger partial charge in [0.25, 0.3) is 0 Å². The highest BCUT2D eigenvalue weighted by Crippen LogP contribution is 2.40. The largest absolute Gasteiger partial charge is 0.299 e. The minimum atomic E-state index is -0.0492. The van der Waals surface area contributed by atoms with Gasteiger partial charge < -0.3 is 0 Å². The molecule has 2 saturated carbocycles. The monoisotopic (exact) mass is 263 g/mol. The summed E-state index contributed by atoms with van der Waals surface area (Å²) >= 11 is 0. The number of nitrogens with zero attached hydrogens (tertiary/aromatic N) is 1. The SMILES string of the molecule is CC1(C)CCC(CN2CCCC3CCCCC32)C1=O. The van der Waals surface area contributed by atoms with Gasteiger partial charge in [0.1, 0.15) is 5.78 Å². The van der Waals surface area contributed by atoms with Crippen LogP contribution in [-0.4, -0.2) is 29.8 Å². The number of Topliss-reactive ketones (excluding diaryl/α,β-unsaturated/α-hetero) is 1. The summed E-state index contributed by atoms with van der Waals surface area (Å²) in [4.78, 5) is 15.1. The number of rotatable bonds is 2. The number of piperidine rings is 1. The molecule has 3 rings (SSSR count). The van der Waals surface area contributed by atoms with Gasteiger partial charge >= 0.3 is 0 Å². The zero-order chi connectivity index (χ0) is 13.5. The van der Waals surface area contributed by atoms with E-state index in [0.717, 1.165) is 31.3 Å². The molecule has 0 spiro atoms. The molecule has 1 aliphatic heterocycles. The Hall–Kier alpha value is -0.370. The predicted octanol–water partition coefficient (Wildman–Crippen LogP) is 3.65. The van der Waals surface area contributed by atoms with Crippen molar-refractivity contribution in [2.75, 3.05) is 13.1 Å². The molecule has 3 unspecified atom stereocenters. The number of hydrogen-bond donors (Lipinski definition) is 0. The molecular formula is C17H29NO. The lowest BCUT2D eigenvalue weighted by atomic mass is 9.78. The zero-order valence-corrected chi connectivity index (χ0v) is 12.7. The first-order valence-corrected chi connectivity index (χ1v) is 8.36. The average Bonchev–Trinajstić information content (AvgIpc) is 2.66. The van der Waals surface area contributed by atoms with E-state index in [2.05, 4.69) is 18.7 Å². The van der Waals surface area contributed by atoms with Gasteiger partial charge in [-0.2, -0.15) is 0 Å². The summed E-state index contributed by atoms with van der Waals surface area (Å²) in [6.45, 7) is 6.57. The van der Waals surface area contributed by atoms with Gasteiger partial charge in [-0.05, 0) is 51.0 Å². The Labute approximate surface area is 117 Å². The van der Waals surface area contributed by atoms with Gasteiger partial charge in [-0.1, -0.05) is 26.7 Å². The lowest BCUT2D eigenvalue weighted by Crippen LogP contribution is -2.49. The summed E-state index contributed by atoms with van der Waals surface area (Å²) in [5.74, 6) is 1.80. The minimum Gasteiger partial charge on any atom is -0.299 e. The molecule has 3 atom stereocenters. The third-order valence-electron chi connectivity index (χ3n) is 5.97. The highest BCUT2D eigenvalue weighted by molar-refractivity contribution is 5.88. The Morgan fingerprint density at radius 2 is 1.84 bits per heavy atom. The van der Waals surface area contributed by atoms with Crippen LogP contribution in [0.25, 0.3) is 0 Å². The van der Waals surface area contributed by atoms with E-state index in [1.165, 1.54) is 45.1 Å². The Kier molecular flexibility index (Phi) is 3.72. The normalized spacial score (nSPS) is 39.3. The van der Waals surface area contributed by atoms with Crippen LogP contribution < -0.4 is 0 Å². The molecule has 0 amide bonds. The highest BCUT2D eigenvalue weighted by atomic mass is 16.1. The number of hydrogen-bond acceptors (Lipinski definition) is 2. The molecule has 1 saturated heterocycles. The maximum atomic E-state index is 12.4. The Bertz CT molecular complexity index is 347. The average molecular weight is 263 g/mol. The maximum absolute atomic E-state index is 12.4. The van der Waals surface area contributed by atoms with Crippen LogP contribution in [0.3, 0.4) is 0 Å². The van der Waals surface area contributed by atoms with Crippen molar-refractivity contribution in [2.24, 2.45) is 17.3 Å². The van der Waals surface area contributed by atoms with Crippen molar-refractivity contribution in [3.8, 4) is 0 Å². The molecule has 0 aromatic heterocycles. The summed E-state index contributed by atoms with van der Waals surface area (Å²) in [5.41, 5.74) is -0.0492. The summed E-state index contributed by atoms with van der Waals surface area (Å²) < 4.78 is 0. The maximum Gasteiger partial charge on any atom is 0.142 e. The third kappa shape index (κ3) is 2.61. The van der Waals surface area contributed by atoms with Crippen molar-refractivity contribution in [1.29, 1.82) is 0 Å². The summed E-state index contributed by atoms with van der Waals surface area (Å²) in [6, 6.07) is 0.805. The van der Waals surface area contributed by atoms with Gasteiger partial charge in [-0.15, -0.1) is 0 Å². The van der Waals surface area contributed by atoms with Crippen molar-refractivity contribution in [2.45, 2.75) is 71.3 Å². The number of carbonyl (C=O) groups is 1. The third-order valence-corrected chi connectivity index (χ3v) is 5.97. The van der Waals surface area contributed by atoms with Crippen LogP contribution in [0.2, 0.25) is 0 Å². The van der Waals surface area contributed by atoms with Crippen LogP contribution >= 0.6 is 0 Å². The van der Waals surface area contributed by atoms with Gasteiger partial charge in [0, 0.05) is 23.9 Å². The second-order valence-corrected chi connectivity index (χ2v) is 7.73. The van der Waals surface area contributed by atoms with E-state index in [4.69, 9.17) is 0 Å². The lowest BCUT2D eigenvalue weighted by Gasteiger charge is -2.45. The van der Waals surface area contributed by atoms with Gasteiger partial charge in [0.05, 0.1) is 0 Å². The van der Waals surface area contributed by atoms with Crippen molar-refractivity contribution >= 4 is 5.78 Å². The van der Waals surface area contributed by atoms with Crippen molar-refractivity contribution in [3.05, 3.63) is 0 Å². The van der Waals surface area contributed by atoms with Crippen molar-refractivity contribution in [3.63, 3.8) is 0 Å². The van der Waals surface area contributed by atoms with E-state index in [1.54, 1.807) is 0 Å². The zero-order valence-electron chi connectivity index (χ0n) is 12.7. The van der Waals surface area contributed by atoms with Gasteiger partial charge in [0.15, 0.2) is 0 Å². The van der Waals surface area contributed by atoms with Gasteiger partial charge in [-0.25, -0.2) is 0 Å². The second kappa shape index (κ2) is 5.20. The Morgan fingerprint density at radius 3 is 2.58 bits per heavy atom. The molecule has 0 radical (unpaired) electrons. The first kappa shape index (κ1) is 13.6. The summed E-state index contributed by atoms with van der Waals surface area (Å²) in [7, 11) is 0. The minimum absolute atomic E-state index is 0.0492. The van der Waals surface area contributed by atoms with Crippen LogP contribution in [0.5, 0.6) is 0 Å². The predicted molar refractivity (Wildman–Crippen MR) is 78.1 cm³/mol. The van der Waals surface area contributed by atoms with E-state index in [0.29, 0.717) is 11.7 Å². The number of likely N-dealkylation sites (tertiary alicyclic amines) is 1. The Balaban J connectivity index is 1.64. The molecule has 0 aromatic rings. The summed E-state index contributed by atoms with van der Waals surface area (Å²) in [5, 5.41) is 0. The van der Waals surface area contributed by atoms with E-state index in [1.807, 2.05) is 0 Å². The smallest absolute Gasteiger partial charge is 0.142 e. The van der Waals surface area contributed by atoms with Crippen LogP contribution in [0.15, 0.2) is 0 Å². The fraction of sp³-hybridized carbons (Fsp3) is 0.941.